The second-order valence-electron chi connectivity index (χ2n) is 4.57. The van der Waals surface area contributed by atoms with Crippen LogP contribution in [0.5, 0.6) is 5.75 Å². The maximum atomic E-state index is 11.8. The molecule has 20 heavy (non-hydrogen) atoms. The minimum absolute atomic E-state index is 0.292. The molecule has 1 rings (SSSR count). The second-order valence-corrected chi connectivity index (χ2v) is 4.57. The molecule has 0 aliphatic rings. The number of hydrogen-bond donors (Lipinski definition) is 0. The Morgan fingerprint density at radius 1 is 1.20 bits per heavy atom. The molecular weight excluding hydrogens is 254 g/mol. The molecule has 0 aliphatic carbocycles. The molecule has 4 nitrogen and oxygen atoms in total. The molecule has 1 aromatic rings. The molecule has 0 fully saturated rings. The SMILES string of the molecule is CCOC(=O)c1cc(OCCN(CC)CC)ccc1C. The van der Waals surface area contributed by atoms with Gasteiger partial charge in [0.2, 0.25) is 0 Å². The van der Waals surface area contributed by atoms with Gasteiger partial charge < -0.3 is 14.4 Å². The van der Waals surface area contributed by atoms with Gasteiger partial charge in [-0.2, -0.15) is 0 Å². The Bertz CT molecular complexity index is 428. The van der Waals surface area contributed by atoms with Crippen molar-refractivity contribution in [3.8, 4) is 5.75 Å². The van der Waals surface area contributed by atoms with E-state index in [1.807, 2.05) is 19.1 Å². The summed E-state index contributed by atoms with van der Waals surface area (Å²) in [5, 5.41) is 0. The molecule has 0 N–H and O–H groups in total. The molecule has 0 bridgehead atoms. The Labute approximate surface area is 121 Å². The summed E-state index contributed by atoms with van der Waals surface area (Å²) in [7, 11) is 0. The number of carbonyl (C=O) groups is 1. The summed E-state index contributed by atoms with van der Waals surface area (Å²) in [6.45, 7) is 11.9. The van der Waals surface area contributed by atoms with Crippen LogP contribution >= 0.6 is 0 Å². The second kappa shape index (κ2) is 8.59. The summed E-state index contributed by atoms with van der Waals surface area (Å²) in [6, 6.07) is 5.54. The molecule has 0 amide bonds. The van der Waals surface area contributed by atoms with Crippen LogP contribution in [0.3, 0.4) is 0 Å². The highest BCUT2D eigenvalue weighted by Gasteiger charge is 2.11. The quantitative estimate of drug-likeness (QED) is 0.686. The molecule has 0 heterocycles. The van der Waals surface area contributed by atoms with Crippen molar-refractivity contribution in [2.75, 3.05) is 32.8 Å². The molecule has 112 valence electrons. The largest absolute Gasteiger partial charge is 0.492 e. The number of esters is 1. The molecule has 1 aromatic carbocycles. The van der Waals surface area contributed by atoms with E-state index in [1.54, 1.807) is 13.0 Å². The molecule has 0 aromatic heterocycles. The fraction of sp³-hybridized carbons (Fsp3) is 0.562. The van der Waals surface area contributed by atoms with Crippen LogP contribution in [0, 0.1) is 6.92 Å². The van der Waals surface area contributed by atoms with E-state index in [-0.39, 0.29) is 5.97 Å². The molecule has 0 radical (unpaired) electrons. The van der Waals surface area contributed by atoms with Crippen LogP contribution in [0.1, 0.15) is 36.7 Å². The van der Waals surface area contributed by atoms with E-state index in [1.165, 1.54) is 0 Å². The molecule has 0 atom stereocenters. The van der Waals surface area contributed by atoms with Crippen LogP contribution in [0.2, 0.25) is 0 Å². The van der Waals surface area contributed by atoms with Gasteiger partial charge in [0.05, 0.1) is 12.2 Å². The highest BCUT2D eigenvalue weighted by atomic mass is 16.5. The minimum Gasteiger partial charge on any atom is -0.492 e. The van der Waals surface area contributed by atoms with Crippen molar-refractivity contribution in [1.29, 1.82) is 0 Å². The molecule has 0 saturated heterocycles. The number of aryl methyl sites for hydroxylation is 1. The number of nitrogens with zero attached hydrogens (tertiary/aromatic N) is 1. The fourth-order valence-corrected chi connectivity index (χ4v) is 1.95. The van der Waals surface area contributed by atoms with Gasteiger partial charge in [0, 0.05) is 6.54 Å². The molecule has 0 saturated carbocycles. The molecule has 4 heteroatoms. The van der Waals surface area contributed by atoms with Crippen LogP contribution < -0.4 is 4.74 Å². The van der Waals surface area contributed by atoms with Crippen molar-refractivity contribution in [2.45, 2.75) is 27.7 Å². The highest BCUT2D eigenvalue weighted by Crippen LogP contribution is 2.18. The first-order chi connectivity index (χ1) is 9.62. The zero-order chi connectivity index (χ0) is 15.0. The van der Waals surface area contributed by atoms with Crippen molar-refractivity contribution >= 4 is 5.97 Å². The lowest BCUT2D eigenvalue weighted by molar-refractivity contribution is 0.0525. The summed E-state index contributed by atoms with van der Waals surface area (Å²) in [6.07, 6.45) is 0. The van der Waals surface area contributed by atoms with Crippen molar-refractivity contribution in [1.82, 2.24) is 4.90 Å². The van der Waals surface area contributed by atoms with Gasteiger partial charge in [-0.1, -0.05) is 19.9 Å². The number of benzene rings is 1. The van der Waals surface area contributed by atoms with E-state index in [2.05, 4.69) is 18.7 Å². The lowest BCUT2D eigenvalue weighted by Gasteiger charge is -2.18. The van der Waals surface area contributed by atoms with E-state index in [0.717, 1.165) is 25.2 Å². The lowest BCUT2D eigenvalue weighted by atomic mass is 10.1. The Kier molecular flexibility index (Phi) is 7.09. The Morgan fingerprint density at radius 2 is 1.90 bits per heavy atom. The zero-order valence-corrected chi connectivity index (χ0v) is 12.9. The summed E-state index contributed by atoms with van der Waals surface area (Å²) in [5.41, 5.74) is 1.48. The number of rotatable bonds is 8. The molecule has 0 unspecified atom stereocenters. The Hall–Kier alpha value is -1.55. The van der Waals surface area contributed by atoms with Crippen molar-refractivity contribution < 1.29 is 14.3 Å². The average molecular weight is 279 g/mol. The lowest BCUT2D eigenvalue weighted by Crippen LogP contribution is -2.27. The molecular formula is C16H25NO3. The number of hydrogen-bond acceptors (Lipinski definition) is 4. The average Bonchev–Trinajstić information content (AvgIpc) is 2.45. The highest BCUT2D eigenvalue weighted by molar-refractivity contribution is 5.91. The Balaban J connectivity index is 2.63. The van der Waals surface area contributed by atoms with Gasteiger partial charge in [0.15, 0.2) is 0 Å². The smallest absolute Gasteiger partial charge is 0.338 e. The third kappa shape index (κ3) is 4.85. The first-order valence-electron chi connectivity index (χ1n) is 7.25. The van der Waals surface area contributed by atoms with Crippen LogP contribution in [0.4, 0.5) is 0 Å². The summed E-state index contributed by atoms with van der Waals surface area (Å²) in [5.74, 6) is 0.421. The predicted molar refractivity (Wildman–Crippen MR) is 80.4 cm³/mol. The van der Waals surface area contributed by atoms with Crippen molar-refractivity contribution in [3.05, 3.63) is 29.3 Å². The van der Waals surface area contributed by atoms with Gasteiger partial charge in [-0.3, -0.25) is 0 Å². The first-order valence-corrected chi connectivity index (χ1v) is 7.25. The number of likely N-dealkylation sites (N-methyl/N-ethyl adjacent to an activating group) is 1. The van der Waals surface area contributed by atoms with Crippen LogP contribution in [0.15, 0.2) is 18.2 Å². The van der Waals surface area contributed by atoms with Gasteiger partial charge in [-0.25, -0.2) is 4.79 Å². The van der Waals surface area contributed by atoms with Crippen molar-refractivity contribution in [3.63, 3.8) is 0 Å². The third-order valence-electron chi connectivity index (χ3n) is 3.28. The molecule has 0 aliphatic heterocycles. The summed E-state index contributed by atoms with van der Waals surface area (Å²) >= 11 is 0. The van der Waals surface area contributed by atoms with E-state index < -0.39 is 0 Å². The minimum atomic E-state index is -0.292. The van der Waals surface area contributed by atoms with Gasteiger partial charge in [0.1, 0.15) is 12.4 Å². The van der Waals surface area contributed by atoms with Gasteiger partial charge in [0.25, 0.3) is 0 Å². The topological polar surface area (TPSA) is 38.8 Å². The van der Waals surface area contributed by atoms with Gasteiger partial charge in [-0.15, -0.1) is 0 Å². The fourth-order valence-electron chi connectivity index (χ4n) is 1.95. The normalized spacial score (nSPS) is 10.7. The standard InChI is InChI=1S/C16H25NO3/c1-5-17(6-2)10-11-20-14-9-8-13(4)15(12-14)16(18)19-7-3/h8-9,12H,5-7,10-11H2,1-4H3. The van der Waals surface area contributed by atoms with E-state index >= 15 is 0 Å². The van der Waals surface area contributed by atoms with E-state index in [4.69, 9.17) is 9.47 Å². The summed E-state index contributed by atoms with van der Waals surface area (Å²) in [4.78, 5) is 14.1. The summed E-state index contributed by atoms with van der Waals surface area (Å²) < 4.78 is 10.8. The first kappa shape index (κ1) is 16.5. The monoisotopic (exact) mass is 279 g/mol. The van der Waals surface area contributed by atoms with Crippen LogP contribution in [-0.2, 0) is 4.74 Å². The van der Waals surface area contributed by atoms with Crippen molar-refractivity contribution in [2.24, 2.45) is 0 Å². The number of carbonyl (C=O) groups excluding carboxylic acids is 1. The van der Waals surface area contributed by atoms with Gasteiger partial charge >= 0.3 is 5.97 Å². The Morgan fingerprint density at radius 3 is 2.50 bits per heavy atom. The van der Waals surface area contributed by atoms with Crippen LogP contribution in [0.25, 0.3) is 0 Å². The third-order valence-corrected chi connectivity index (χ3v) is 3.28. The zero-order valence-electron chi connectivity index (χ0n) is 12.9. The van der Waals surface area contributed by atoms with E-state index in [0.29, 0.717) is 24.5 Å². The molecule has 0 spiro atoms. The number of ether oxygens (including phenoxy) is 2. The van der Waals surface area contributed by atoms with E-state index in [9.17, 15) is 4.79 Å². The predicted octanol–water partition coefficient (Wildman–Crippen LogP) is 2.89. The maximum Gasteiger partial charge on any atom is 0.338 e. The van der Waals surface area contributed by atoms with Crippen LogP contribution in [-0.4, -0.2) is 43.7 Å². The maximum absolute atomic E-state index is 11.8. The van der Waals surface area contributed by atoms with Gasteiger partial charge in [-0.05, 0) is 44.6 Å².